The second kappa shape index (κ2) is 8.59. The number of carbonyl (C=O) groups is 3. The first-order valence-electron chi connectivity index (χ1n) is 8.09. The van der Waals surface area contributed by atoms with Crippen LogP contribution in [0, 0.1) is 5.92 Å². The van der Waals surface area contributed by atoms with Gasteiger partial charge in [-0.1, -0.05) is 12.1 Å². The summed E-state index contributed by atoms with van der Waals surface area (Å²) in [5, 5.41) is 8.97. The average molecular weight is 370 g/mol. The predicted octanol–water partition coefficient (Wildman–Crippen LogP) is 1.68. The number of carbonyl (C=O) groups excluding carboxylic acids is 2. The number of amides is 2. The molecule has 0 radical (unpaired) electrons. The number of halogens is 2. The van der Waals surface area contributed by atoms with Gasteiger partial charge < -0.3 is 19.6 Å². The Morgan fingerprint density at radius 1 is 1.27 bits per heavy atom. The van der Waals surface area contributed by atoms with E-state index >= 15 is 0 Å². The lowest BCUT2D eigenvalue weighted by Gasteiger charge is -2.31. The summed E-state index contributed by atoms with van der Waals surface area (Å²) in [5.41, 5.74) is -0.0623. The van der Waals surface area contributed by atoms with Gasteiger partial charge in [0.15, 0.2) is 0 Å². The first kappa shape index (κ1) is 19.6. The molecule has 0 atom stereocenters. The van der Waals surface area contributed by atoms with Crippen molar-refractivity contribution < 1.29 is 33.0 Å². The average Bonchev–Trinajstić information content (AvgIpc) is 2.61. The molecule has 142 valence electrons. The lowest BCUT2D eigenvalue weighted by atomic mass is 9.97. The van der Waals surface area contributed by atoms with Crippen LogP contribution in [0.5, 0.6) is 5.75 Å². The number of carboxylic acid groups (broad SMARTS) is 1. The van der Waals surface area contributed by atoms with Gasteiger partial charge in [-0.25, -0.2) is 0 Å². The highest BCUT2D eigenvalue weighted by Crippen LogP contribution is 2.22. The lowest BCUT2D eigenvalue weighted by Crippen LogP contribution is -2.45. The molecule has 1 heterocycles. The lowest BCUT2D eigenvalue weighted by molar-refractivity contribution is -0.145. The molecule has 0 spiro atoms. The number of hydrogen-bond acceptors (Lipinski definition) is 4. The van der Waals surface area contributed by atoms with Crippen LogP contribution in [0.3, 0.4) is 0 Å². The molecular weight excluding hydrogens is 350 g/mol. The summed E-state index contributed by atoms with van der Waals surface area (Å²) >= 11 is 0. The van der Waals surface area contributed by atoms with Gasteiger partial charge in [0, 0.05) is 20.1 Å². The summed E-state index contributed by atoms with van der Waals surface area (Å²) in [6.07, 6.45) is 0.730. The monoisotopic (exact) mass is 370 g/mol. The quantitative estimate of drug-likeness (QED) is 0.823. The molecule has 1 saturated heterocycles. The minimum absolute atomic E-state index is 0.0623. The molecule has 2 amide bonds. The van der Waals surface area contributed by atoms with Crippen molar-refractivity contribution in [2.45, 2.75) is 19.5 Å². The molecule has 0 aliphatic carbocycles. The minimum atomic E-state index is -3.06. The van der Waals surface area contributed by atoms with Crippen LogP contribution in [0.4, 0.5) is 8.78 Å². The van der Waals surface area contributed by atoms with E-state index in [2.05, 4.69) is 4.74 Å². The number of hydrogen-bond donors (Lipinski definition) is 1. The van der Waals surface area contributed by atoms with Crippen LogP contribution in [-0.2, 0) is 9.59 Å². The van der Waals surface area contributed by atoms with E-state index in [9.17, 15) is 23.2 Å². The van der Waals surface area contributed by atoms with Crippen molar-refractivity contribution in [1.29, 1.82) is 0 Å². The van der Waals surface area contributed by atoms with Gasteiger partial charge in [-0.15, -0.1) is 0 Å². The third-order valence-electron chi connectivity index (χ3n) is 4.25. The maximum atomic E-state index is 12.5. The Kier molecular flexibility index (Phi) is 6.48. The molecule has 9 heteroatoms. The number of nitrogens with zero attached hydrogens (tertiary/aromatic N) is 2. The van der Waals surface area contributed by atoms with Crippen LogP contribution in [-0.4, -0.2) is 66.0 Å². The number of piperidine rings is 1. The second-order valence-electron chi connectivity index (χ2n) is 6.03. The summed E-state index contributed by atoms with van der Waals surface area (Å²) in [5.74, 6) is -2.53. The van der Waals surface area contributed by atoms with Gasteiger partial charge in [-0.3, -0.25) is 14.4 Å². The molecule has 1 N–H and O–H groups in total. The van der Waals surface area contributed by atoms with Crippen molar-refractivity contribution in [1.82, 2.24) is 9.80 Å². The first-order valence-corrected chi connectivity index (χ1v) is 8.09. The normalized spacial score (nSPS) is 15.0. The number of aliphatic carboxylic acids is 1. The van der Waals surface area contributed by atoms with E-state index in [1.165, 1.54) is 36.2 Å². The molecule has 7 nitrogen and oxygen atoms in total. The van der Waals surface area contributed by atoms with Gasteiger partial charge >= 0.3 is 12.6 Å². The molecule has 1 aromatic carbocycles. The molecule has 0 aromatic heterocycles. The highest BCUT2D eigenvalue weighted by molar-refractivity contribution is 5.98. The van der Waals surface area contributed by atoms with Gasteiger partial charge in [0.25, 0.3) is 5.91 Å². The molecule has 0 unspecified atom stereocenters. The zero-order valence-electron chi connectivity index (χ0n) is 14.2. The molecule has 26 heavy (non-hydrogen) atoms. The fraction of sp³-hybridized carbons (Fsp3) is 0.471. The van der Waals surface area contributed by atoms with Crippen molar-refractivity contribution in [2.24, 2.45) is 5.92 Å². The van der Waals surface area contributed by atoms with E-state index in [1.54, 1.807) is 0 Å². The van der Waals surface area contributed by atoms with Crippen LogP contribution >= 0.6 is 0 Å². The van der Waals surface area contributed by atoms with Gasteiger partial charge in [0.05, 0.1) is 18.0 Å². The number of ether oxygens (including phenoxy) is 1. The van der Waals surface area contributed by atoms with E-state index in [-0.39, 0.29) is 23.8 Å². The van der Waals surface area contributed by atoms with E-state index in [1.807, 2.05) is 0 Å². The Bertz CT molecular complexity index is 675. The van der Waals surface area contributed by atoms with Crippen molar-refractivity contribution in [3.8, 4) is 5.75 Å². The van der Waals surface area contributed by atoms with E-state index < -0.39 is 24.4 Å². The molecule has 1 aliphatic rings. The number of para-hydroxylation sites is 1. The Balaban J connectivity index is 1.97. The summed E-state index contributed by atoms with van der Waals surface area (Å²) in [4.78, 5) is 38.3. The van der Waals surface area contributed by atoms with E-state index in [0.29, 0.717) is 25.9 Å². The fourth-order valence-corrected chi connectivity index (χ4v) is 2.80. The van der Waals surface area contributed by atoms with E-state index in [0.717, 1.165) is 4.90 Å². The van der Waals surface area contributed by atoms with Crippen LogP contribution in [0.25, 0.3) is 0 Å². The number of carboxylic acids is 1. The third-order valence-corrected chi connectivity index (χ3v) is 4.25. The molecular formula is C17H20F2N2O5. The van der Waals surface area contributed by atoms with Crippen molar-refractivity contribution in [3.63, 3.8) is 0 Å². The van der Waals surface area contributed by atoms with Crippen molar-refractivity contribution >= 4 is 17.8 Å². The largest absolute Gasteiger partial charge is 0.481 e. The summed E-state index contributed by atoms with van der Waals surface area (Å²) in [6.45, 7) is -2.68. The molecule has 1 aromatic rings. The van der Waals surface area contributed by atoms with Gasteiger partial charge in [0.1, 0.15) is 5.75 Å². The first-order chi connectivity index (χ1) is 12.3. The van der Waals surface area contributed by atoms with Crippen LogP contribution in [0.2, 0.25) is 0 Å². The molecule has 1 aliphatic heterocycles. The number of likely N-dealkylation sites (tertiary alicyclic amines) is 1. The second-order valence-corrected chi connectivity index (χ2v) is 6.03. The van der Waals surface area contributed by atoms with E-state index in [4.69, 9.17) is 5.11 Å². The molecule has 0 saturated carbocycles. The summed E-state index contributed by atoms with van der Waals surface area (Å²) < 4.78 is 29.3. The smallest absolute Gasteiger partial charge is 0.387 e. The van der Waals surface area contributed by atoms with Crippen LogP contribution in [0.15, 0.2) is 24.3 Å². The van der Waals surface area contributed by atoms with Gasteiger partial charge in [-0.2, -0.15) is 8.78 Å². The number of likely N-dealkylation sites (N-methyl/N-ethyl adjacent to an activating group) is 1. The molecule has 2 rings (SSSR count). The van der Waals surface area contributed by atoms with Gasteiger partial charge in [0.2, 0.25) is 5.91 Å². The highest BCUT2D eigenvalue weighted by atomic mass is 19.3. The highest BCUT2D eigenvalue weighted by Gasteiger charge is 2.28. The maximum Gasteiger partial charge on any atom is 0.387 e. The maximum absolute atomic E-state index is 12.5. The summed E-state index contributed by atoms with van der Waals surface area (Å²) in [6, 6.07) is 5.58. The number of benzene rings is 1. The minimum Gasteiger partial charge on any atom is -0.481 e. The fourth-order valence-electron chi connectivity index (χ4n) is 2.80. The third kappa shape index (κ3) is 4.90. The Morgan fingerprint density at radius 2 is 1.88 bits per heavy atom. The zero-order valence-corrected chi connectivity index (χ0v) is 14.2. The summed E-state index contributed by atoms with van der Waals surface area (Å²) in [7, 11) is 1.39. The molecule has 0 bridgehead atoms. The standard InChI is InChI=1S/C17H20F2N2O5/c1-20(10-14(22)21-8-6-11(7-9-21)16(24)25)15(23)12-4-2-3-5-13(12)26-17(18)19/h2-5,11,17H,6-10H2,1H3,(H,24,25). The molecule has 1 fully saturated rings. The van der Waals surface area contributed by atoms with Crippen LogP contribution < -0.4 is 4.74 Å². The predicted molar refractivity (Wildman–Crippen MR) is 87.0 cm³/mol. The topological polar surface area (TPSA) is 87.2 Å². The van der Waals surface area contributed by atoms with Crippen LogP contribution in [0.1, 0.15) is 23.2 Å². The SMILES string of the molecule is CN(CC(=O)N1CCC(C(=O)O)CC1)C(=O)c1ccccc1OC(F)F. The Labute approximate surface area is 149 Å². The van der Waals surface area contributed by atoms with Gasteiger partial charge in [-0.05, 0) is 25.0 Å². The zero-order chi connectivity index (χ0) is 19.3. The van der Waals surface area contributed by atoms with Crippen molar-refractivity contribution in [2.75, 3.05) is 26.7 Å². The Morgan fingerprint density at radius 3 is 2.46 bits per heavy atom. The van der Waals surface area contributed by atoms with Crippen molar-refractivity contribution in [3.05, 3.63) is 29.8 Å². The Hall–Kier alpha value is -2.71. The number of alkyl halides is 2. The number of rotatable bonds is 6.